The molecule has 0 aromatic carbocycles. The third-order valence-electron chi connectivity index (χ3n) is 1.89. The Labute approximate surface area is 94.8 Å². The third-order valence-corrected chi connectivity index (χ3v) is 2.30. The smallest absolute Gasteiger partial charge is 0.245 e. The van der Waals surface area contributed by atoms with Crippen LogP contribution < -0.4 is 0 Å². The van der Waals surface area contributed by atoms with Crippen LogP contribution in [0.15, 0.2) is 16.7 Å². The highest BCUT2D eigenvalue weighted by atomic mass is 79.9. The Hall–Kier alpha value is -0.580. The second-order valence-corrected chi connectivity index (χ2v) is 5.12. The van der Waals surface area contributed by atoms with Gasteiger partial charge in [0.05, 0.1) is 5.56 Å². The Morgan fingerprint density at radius 1 is 1.13 bits per heavy atom. The van der Waals surface area contributed by atoms with E-state index in [0.29, 0.717) is 5.69 Å². The number of hydrogen-bond donors (Lipinski definition) is 0. The van der Waals surface area contributed by atoms with Crippen molar-refractivity contribution < 1.29 is 13.2 Å². The van der Waals surface area contributed by atoms with Crippen LogP contribution in [0.3, 0.4) is 0 Å². The molecule has 0 bridgehead atoms. The summed E-state index contributed by atoms with van der Waals surface area (Å²) in [6.45, 7) is 5.46. The van der Waals surface area contributed by atoms with Crippen molar-refractivity contribution >= 4 is 15.9 Å². The maximum absolute atomic E-state index is 12.5. The van der Waals surface area contributed by atoms with Gasteiger partial charge in [0, 0.05) is 11.1 Å². The Morgan fingerprint density at radius 2 is 1.67 bits per heavy atom. The third kappa shape index (κ3) is 3.19. The number of nitrogens with zero attached hydrogens (tertiary/aromatic N) is 1. The first-order chi connectivity index (χ1) is 6.60. The van der Waals surface area contributed by atoms with Gasteiger partial charge >= 0.3 is 6.18 Å². The molecule has 84 valence electrons. The van der Waals surface area contributed by atoms with E-state index in [-0.39, 0.29) is 4.60 Å². The van der Waals surface area contributed by atoms with Gasteiger partial charge in [-0.25, -0.2) is 4.98 Å². The van der Waals surface area contributed by atoms with Crippen LogP contribution in [0.1, 0.15) is 32.0 Å². The average molecular weight is 282 g/mol. The molecule has 0 amide bonds. The molecule has 1 heterocycles. The first kappa shape index (κ1) is 12.5. The second kappa shape index (κ2) is 3.77. The number of aromatic nitrogens is 1. The summed E-state index contributed by atoms with van der Waals surface area (Å²) < 4.78 is 37.7. The van der Waals surface area contributed by atoms with Gasteiger partial charge in [0.25, 0.3) is 0 Å². The topological polar surface area (TPSA) is 12.9 Å². The molecule has 0 aliphatic heterocycles. The lowest BCUT2D eigenvalue weighted by atomic mass is 9.91. The summed E-state index contributed by atoms with van der Waals surface area (Å²) >= 11 is 2.99. The van der Waals surface area contributed by atoms with Crippen LogP contribution in [0.5, 0.6) is 0 Å². The first-order valence-corrected chi connectivity index (χ1v) is 5.15. The second-order valence-electron chi connectivity index (χ2n) is 4.31. The Kier molecular flexibility index (Phi) is 3.14. The van der Waals surface area contributed by atoms with Crippen molar-refractivity contribution in [3.05, 3.63) is 28.0 Å². The molecule has 0 aliphatic carbocycles. The fourth-order valence-corrected chi connectivity index (χ4v) is 1.48. The van der Waals surface area contributed by atoms with E-state index in [0.717, 1.165) is 12.1 Å². The van der Waals surface area contributed by atoms with E-state index in [9.17, 15) is 13.2 Å². The molecule has 0 atom stereocenters. The van der Waals surface area contributed by atoms with E-state index in [2.05, 4.69) is 20.9 Å². The van der Waals surface area contributed by atoms with Gasteiger partial charge in [0.15, 0.2) is 0 Å². The minimum atomic E-state index is -4.33. The van der Waals surface area contributed by atoms with E-state index < -0.39 is 17.2 Å². The van der Waals surface area contributed by atoms with Crippen molar-refractivity contribution in [2.45, 2.75) is 32.4 Å². The van der Waals surface area contributed by atoms with E-state index in [1.807, 2.05) is 20.8 Å². The van der Waals surface area contributed by atoms with Crippen molar-refractivity contribution in [1.82, 2.24) is 4.98 Å². The number of rotatable bonds is 0. The molecule has 5 heteroatoms. The summed E-state index contributed by atoms with van der Waals surface area (Å²) in [5.41, 5.74) is -0.650. The molecule has 0 N–H and O–H groups in total. The average Bonchev–Trinajstić information content (AvgIpc) is 1.99. The highest BCUT2D eigenvalue weighted by Gasteiger charge is 2.32. The van der Waals surface area contributed by atoms with Crippen LogP contribution >= 0.6 is 15.9 Å². The molecule has 15 heavy (non-hydrogen) atoms. The van der Waals surface area contributed by atoms with E-state index in [1.54, 1.807) is 0 Å². The van der Waals surface area contributed by atoms with Crippen molar-refractivity contribution in [3.8, 4) is 0 Å². The standard InChI is InChI=1S/C10H11BrF3N/c1-9(2,3)7-4-6(10(12,13)14)5-8(11)15-7/h4-5H,1-3H3. The Balaban J connectivity index is 3.30. The summed E-state index contributed by atoms with van der Waals surface area (Å²) in [6.07, 6.45) is -4.33. The molecule has 0 aliphatic rings. The number of halogens is 4. The van der Waals surface area contributed by atoms with Gasteiger partial charge in [0.2, 0.25) is 0 Å². The summed E-state index contributed by atoms with van der Waals surface area (Å²) in [4.78, 5) is 4.04. The van der Waals surface area contributed by atoms with Gasteiger partial charge < -0.3 is 0 Å². The Bertz CT molecular complexity index is 334. The fraction of sp³-hybridized carbons (Fsp3) is 0.500. The van der Waals surface area contributed by atoms with E-state index in [1.165, 1.54) is 0 Å². The predicted molar refractivity (Wildman–Crippen MR) is 55.6 cm³/mol. The normalized spacial score (nSPS) is 13.0. The first-order valence-electron chi connectivity index (χ1n) is 4.36. The number of hydrogen-bond acceptors (Lipinski definition) is 1. The van der Waals surface area contributed by atoms with Crippen molar-refractivity contribution in [1.29, 1.82) is 0 Å². The number of pyridine rings is 1. The van der Waals surface area contributed by atoms with Crippen molar-refractivity contribution in [3.63, 3.8) is 0 Å². The molecular weight excluding hydrogens is 271 g/mol. The predicted octanol–water partition coefficient (Wildman–Crippen LogP) is 4.16. The molecule has 1 rings (SSSR count). The summed E-state index contributed by atoms with van der Waals surface area (Å²) in [5.74, 6) is 0. The van der Waals surface area contributed by atoms with Gasteiger partial charge in [-0.1, -0.05) is 20.8 Å². The van der Waals surface area contributed by atoms with Crippen molar-refractivity contribution in [2.75, 3.05) is 0 Å². The fourth-order valence-electron chi connectivity index (χ4n) is 1.04. The van der Waals surface area contributed by atoms with Gasteiger partial charge in [0.1, 0.15) is 4.60 Å². The number of alkyl halides is 3. The lowest BCUT2D eigenvalue weighted by Gasteiger charge is -2.19. The van der Waals surface area contributed by atoms with E-state index in [4.69, 9.17) is 0 Å². The molecule has 0 radical (unpaired) electrons. The molecule has 0 saturated heterocycles. The van der Waals surface area contributed by atoms with Gasteiger partial charge in [-0.05, 0) is 28.1 Å². The highest BCUT2D eigenvalue weighted by Crippen LogP contribution is 2.33. The largest absolute Gasteiger partial charge is 0.416 e. The molecule has 0 unspecified atom stereocenters. The zero-order chi connectivity index (χ0) is 11.9. The quantitative estimate of drug-likeness (QED) is 0.651. The van der Waals surface area contributed by atoms with E-state index >= 15 is 0 Å². The summed E-state index contributed by atoms with van der Waals surface area (Å²) in [5, 5.41) is 0. The zero-order valence-electron chi connectivity index (χ0n) is 8.61. The minimum Gasteiger partial charge on any atom is -0.245 e. The molecule has 0 spiro atoms. The lowest BCUT2D eigenvalue weighted by molar-refractivity contribution is -0.137. The van der Waals surface area contributed by atoms with Crippen LogP contribution in [-0.2, 0) is 11.6 Å². The Morgan fingerprint density at radius 3 is 2.07 bits per heavy atom. The van der Waals surface area contributed by atoms with Crippen LogP contribution in [0.4, 0.5) is 13.2 Å². The van der Waals surface area contributed by atoms with Crippen molar-refractivity contribution in [2.24, 2.45) is 0 Å². The lowest BCUT2D eigenvalue weighted by Crippen LogP contribution is -2.16. The summed E-state index contributed by atoms with van der Waals surface area (Å²) in [7, 11) is 0. The van der Waals surface area contributed by atoms with Crippen LogP contribution in [0.2, 0.25) is 0 Å². The van der Waals surface area contributed by atoms with Gasteiger partial charge in [-0.3, -0.25) is 0 Å². The monoisotopic (exact) mass is 281 g/mol. The molecule has 1 aromatic heterocycles. The highest BCUT2D eigenvalue weighted by molar-refractivity contribution is 9.10. The maximum Gasteiger partial charge on any atom is 0.416 e. The summed E-state index contributed by atoms with van der Waals surface area (Å²) in [6, 6.07) is 2.07. The van der Waals surface area contributed by atoms with Crippen LogP contribution in [0, 0.1) is 0 Å². The molecule has 1 nitrogen and oxygen atoms in total. The SMILES string of the molecule is CC(C)(C)c1cc(C(F)(F)F)cc(Br)n1. The molecule has 0 saturated carbocycles. The molecular formula is C10H11BrF3N. The zero-order valence-corrected chi connectivity index (χ0v) is 10.2. The minimum absolute atomic E-state index is 0.210. The van der Waals surface area contributed by atoms with Crippen LogP contribution in [0.25, 0.3) is 0 Å². The molecule has 1 aromatic rings. The van der Waals surface area contributed by atoms with Gasteiger partial charge in [-0.15, -0.1) is 0 Å². The van der Waals surface area contributed by atoms with Gasteiger partial charge in [-0.2, -0.15) is 13.2 Å². The van der Waals surface area contributed by atoms with Crippen LogP contribution in [-0.4, -0.2) is 4.98 Å². The molecule has 0 fully saturated rings. The maximum atomic E-state index is 12.5.